The molecule has 0 bridgehead atoms. The van der Waals surface area contributed by atoms with Gasteiger partial charge in [-0.25, -0.2) is 0 Å². The van der Waals surface area contributed by atoms with Crippen LogP contribution in [0.5, 0.6) is 5.75 Å². The van der Waals surface area contributed by atoms with Crippen LogP contribution in [0.4, 0.5) is 0 Å². The van der Waals surface area contributed by atoms with Crippen molar-refractivity contribution in [3.63, 3.8) is 0 Å². The Labute approximate surface area is 84.9 Å². The Bertz CT molecular complexity index is 297. The van der Waals surface area contributed by atoms with Crippen molar-refractivity contribution in [2.75, 3.05) is 21.2 Å². The van der Waals surface area contributed by atoms with Crippen molar-refractivity contribution in [1.82, 2.24) is 4.90 Å². The molecule has 0 saturated heterocycles. The number of benzene rings is 1. The third-order valence-corrected chi connectivity index (χ3v) is 2.01. The fourth-order valence-electron chi connectivity index (χ4n) is 1.42. The zero-order valence-corrected chi connectivity index (χ0v) is 8.95. The topological polar surface area (TPSA) is 32.7 Å². The minimum atomic E-state index is 0.0183. The second-order valence-corrected chi connectivity index (χ2v) is 3.54. The zero-order chi connectivity index (χ0) is 10.6. The summed E-state index contributed by atoms with van der Waals surface area (Å²) in [5.74, 6) is 0.745. The van der Waals surface area contributed by atoms with E-state index in [1.807, 2.05) is 32.3 Å². The molecule has 0 atom stereocenters. The SMILES string of the molecule is COc1ccc(CN(C)C)cc1CO. The number of hydrogen-bond donors (Lipinski definition) is 1. The fraction of sp³-hybridized carbons (Fsp3) is 0.455. The lowest BCUT2D eigenvalue weighted by Crippen LogP contribution is -2.10. The summed E-state index contributed by atoms with van der Waals surface area (Å²) in [7, 11) is 5.64. The van der Waals surface area contributed by atoms with Gasteiger partial charge in [-0.15, -0.1) is 0 Å². The molecule has 0 fully saturated rings. The summed E-state index contributed by atoms with van der Waals surface area (Å²) in [6.07, 6.45) is 0. The molecule has 3 nitrogen and oxygen atoms in total. The van der Waals surface area contributed by atoms with E-state index in [1.165, 1.54) is 5.56 Å². The Morgan fingerprint density at radius 3 is 2.57 bits per heavy atom. The minimum Gasteiger partial charge on any atom is -0.496 e. The molecule has 0 saturated carbocycles. The highest BCUT2D eigenvalue weighted by Crippen LogP contribution is 2.20. The van der Waals surface area contributed by atoms with E-state index in [0.29, 0.717) is 0 Å². The van der Waals surface area contributed by atoms with Gasteiger partial charge in [0.2, 0.25) is 0 Å². The predicted molar refractivity (Wildman–Crippen MR) is 56.3 cm³/mol. The van der Waals surface area contributed by atoms with Crippen molar-refractivity contribution in [1.29, 1.82) is 0 Å². The van der Waals surface area contributed by atoms with E-state index >= 15 is 0 Å². The van der Waals surface area contributed by atoms with Crippen LogP contribution in [0, 0.1) is 0 Å². The van der Waals surface area contributed by atoms with Crippen LogP contribution in [0.15, 0.2) is 18.2 Å². The van der Waals surface area contributed by atoms with Crippen LogP contribution in [0.3, 0.4) is 0 Å². The molecular formula is C11H17NO2. The molecular weight excluding hydrogens is 178 g/mol. The van der Waals surface area contributed by atoms with Crippen LogP contribution in [0.2, 0.25) is 0 Å². The number of rotatable bonds is 4. The van der Waals surface area contributed by atoms with Gasteiger partial charge in [0.25, 0.3) is 0 Å². The third kappa shape index (κ3) is 2.72. The van der Waals surface area contributed by atoms with Gasteiger partial charge in [-0.3, -0.25) is 0 Å². The first kappa shape index (κ1) is 11.0. The lowest BCUT2D eigenvalue weighted by molar-refractivity contribution is 0.273. The molecule has 78 valence electrons. The van der Waals surface area contributed by atoms with Gasteiger partial charge in [0.1, 0.15) is 5.75 Å². The maximum atomic E-state index is 9.11. The van der Waals surface area contributed by atoms with Crippen molar-refractivity contribution in [2.24, 2.45) is 0 Å². The van der Waals surface area contributed by atoms with E-state index in [4.69, 9.17) is 9.84 Å². The highest BCUT2D eigenvalue weighted by molar-refractivity contribution is 5.36. The lowest BCUT2D eigenvalue weighted by Gasteiger charge is -2.12. The van der Waals surface area contributed by atoms with Crippen molar-refractivity contribution in [3.8, 4) is 5.75 Å². The summed E-state index contributed by atoms with van der Waals surface area (Å²) in [4.78, 5) is 2.09. The first-order valence-electron chi connectivity index (χ1n) is 4.58. The van der Waals surface area contributed by atoms with Gasteiger partial charge in [-0.1, -0.05) is 6.07 Å². The van der Waals surface area contributed by atoms with Gasteiger partial charge in [0, 0.05) is 12.1 Å². The van der Waals surface area contributed by atoms with Gasteiger partial charge in [-0.05, 0) is 31.8 Å². The quantitative estimate of drug-likeness (QED) is 0.784. The van der Waals surface area contributed by atoms with E-state index in [1.54, 1.807) is 7.11 Å². The smallest absolute Gasteiger partial charge is 0.124 e. The minimum absolute atomic E-state index is 0.0183. The molecule has 0 aliphatic carbocycles. The van der Waals surface area contributed by atoms with E-state index in [-0.39, 0.29) is 6.61 Å². The van der Waals surface area contributed by atoms with Crippen LogP contribution >= 0.6 is 0 Å². The summed E-state index contributed by atoms with van der Waals surface area (Å²) in [6.45, 7) is 0.890. The van der Waals surface area contributed by atoms with Crippen molar-refractivity contribution < 1.29 is 9.84 Å². The number of nitrogens with zero attached hydrogens (tertiary/aromatic N) is 1. The first-order valence-corrected chi connectivity index (χ1v) is 4.58. The van der Waals surface area contributed by atoms with E-state index < -0.39 is 0 Å². The Hall–Kier alpha value is -1.06. The van der Waals surface area contributed by atoms with Gasteiger partial charge in [0.05, 0.1) is 13.7 Å². The van der Waals surface area contributed by atoms with Crippen molar-refractivity contribution in [3.05, 3.63) is 29.3 Å². The standard InChI is InChI=1S/C11H17NO2/c1-12(2)7-9-4-5-11(14-3)10(6-9)8-13/h4-6,13H,7-8H2,1-3H3. The van der Waals surface area contributed by atoms with Gasteiger partial charge < -0.3 is 14.7 Å². The van der Waals surface area contributed by atoms with Gasteiger partial charge >= 0.3 is 0 Å². The number of aliphatic hydroxyl groups is 1. The third-order valence-electron chi connectivity index (χ3n) is 2.01. The summed E-state index contributed by atoms with van der Waals surface area (Å²) < 4.78 is 5.12. The molecule has 0 heterocycles. The largest absolute Gasteiger partial charge is 0.496 e. The monoisotopic (exact) mass is 195 g/mol. The van der Waals surface area contributed by atoms with Crippen LogP contribution in [0.25, 0.3) is 0 Å². The number of ether oxygens (including phenoxy) is 1. The molecule has 0 amide bonds. The predicted octanol–water partition coefficient (Wildman–Crippen LogP) is 1.25. The average molecular weight is 195 g/mol. The lowest BCUT2D eigenvalue weighted by atomic mass is 10.1. The molecule has 0 spiro atoms. The summed E-state index contributed by atoms with van der Waals surface area (Å²) in [5.41, 5.74) is 2.02. The summed E-state index contributed by atoms with van der Waals surface area (Å²) in [5, 5.41) is 9.11. The second kappa shape index (κ2) is 4.98. The summed E-state index contributed by atoms with van der Waals surface area (Å²) >= 11 is 0. The Balaban J connectivity index is 2.89. The molecule has 0 unspecified atom stereocenters. The number of methoxy groups -OCH3 is 1. The van der Waals surface area contributed by atoms with Crippen molar-refractivity contribution >= 4 is 0 Å². The average Bonchev–Trinajstić information content (AvgIpc) is 2.16. The molecule has 0 radical (unpaired) electrons. The molecule has 1 N–H and O–H groups in total. The van der Waals surface area contributed by atoms with Crippen LogP contribution < -0.4 is 4.74 Å². The highest BCUT2D eigenvalue weighted by Gasteiger charge is 2.03. The molecule has 0 aromatic heterocycles. The zero-order valence-electron chi connectivity index (χ0n) is 8.95. The molecule has 3 heteroatoms. The molecule has 14 heavy (non-hydrogen) atoms. The van der Waals surface area contributed by atoms with Gasteiger partial charge in [0.15, 0.2) is 0 Å². The van der Waals surface area contributed by atoms with Crippen LogP contribution in [-0.4, -0.2) is 31.2 Å². The van der Waals surface area contributed by atoms with Crippen molar-refractivity contribution in [2.45, 2.75) is 13.2 Å². The summed E-state index contributed by atoms with van der Waals surface area (Å²) in [6, 6.07) is 5.88. The molecule has 0 aliphatic rings. The van der Waals surface area contributed by atoms with Gasteiger partial charge in [-0.2, -0.15) is 0 Å². The van der Waals surface area contributed by atoms with E-state index in [0.717, 1.165) is 17.9 Å². The highest BCUT2D eigenvalue weighted by atomic mass is 16.5. The van der Waals surface area contributed by atoms with Crippen LogP contribution in [-0.2, 0) is 13.2 Å². The maximum Gasteiger partial charge on any atom is 0.124 e. The number of aliphatic hydroxyl groups excluding tert-OH is 1. The Kier molecular flexibility index (Phi) is 3.92. The van der Waals surface area contributed by atoms with Crippen LogP contribution in [0.1, 0.15) is 11.1 Å². The Morgan fingerprint density at radius 1 is 1.36 bits per heavy atom. The Morgan fingerprint density at radius 2 is 2.07 bits per heavy atom. The normalized spacial score (nSPS) is 10.6. The molecule has 0 aliphatic heterocycles. The second-order valence-electron chi connectivity index (χ2n) is 3.54. The molecule has 1 aromatic rings. The van der Waals surface area contributed by atoms with E-state index in [2.05, 4.69) is 4.90 Å². The van der Waals surface area contributed by atoms with E-state index in [9.17, 15) is 0 Å². The fourth-order valence-corrected chi connectivity index (χ4v) is 1.42. The molecule has 1 rings (SSSR count). The maximum absolute atomic E-state index is 9.11. The first-order chi connectivity index (χ1) is 6.67. The number of hydrogen-bond acceptors (Lipinski definition) is 3. The molecule has 1 aromatic carbocycles.